The van der Waals surface area contributed by atoms with Crippen molar-refractivity contribution in [1.82, 2.24) is 0 Å². The van der Waals surface area contributed by atoms with Gasteiger partial charge in [0, 0.05) is 6.08 Å². The first-order chi connectivity index (χ1) is 13.0. The van der Waals surface area contributed by atoms with E-state index in [9.17, 15) is 20.1 Å². The zero-order chi connectivity index (χ0) is 20.3. The fourth-order valence-electron chi connectivity index (χ4n) is 2.57. The minimum atomic E-state index is -1.01. The summed E-state index contributed by atoms with van der Waals surface area (Å²) in [4.78, 5) is 10.3. The molecule has 0 radical (unpaired) electrons. The van der Waals surface area contributed by atoms with E-state index in [4.69, 9.17) is 5.11 Å². The van der Waals surface area contributed by atoms with Crippen molar-refractivity contribution in [3.63, 3.8) is 0 Å². The van der Waals surface area contributed by atoms with Crippen LogP contribution in [0.1, 0.15) is 71.1 Å². The lowest BCUT2D eigenvalue weighted by Crippen LogP contribution is -2.25. The number of allylic oxidation sites excluding steroid dienone is 6. The number of hydrogen-bond acceptors (Lipinski definition) is 4. The number of carbonyl (C=O) groups is 1. The number of unbranched alkanes of at least 4 members (excludes halogenated alkanes) is 6. The first-order valence-corrected chi connectivity index (χ1v) is 9.97. The maximum Gasteiger partial charge on any atom is 0.328 e. The van der Waals surface area contributed by atoms with E-state index in [-0.39, 0.29) is 5.76 Å². The van der Waals surface area contributed by atoms with E-state index >= 15 is 0 Å². The van der Waals surface area contributed by atoms with Crippen LogP contribution in [0.15, 0.2) is 48.3 Å². The normalized spacial score (nSPS) is 15.1. The highest BCUT2D eigenvalue weighted by atomic mass is 16.4. The molecule has 4 N–H and O–H groups in total. The molecule has 0 amide bonds. The summed E-state index contributed by atoms with van der Waals surface area (Å²) in [6, 6.07) is 0. The fraction of sp³-hybridized carbons (Fsp3) is 0.591. The van der Waals surface area contributed by atoms with Gasteiger partial charge >= 0.3 is 5.97 Å². The van der Waals surface area contributed by atoms with E-state index < -0.39 is 18.2 Å². The Labute approximate surface area is 163 Å². The lowest BCUT2D eigenvalue weighted by Gasteiger charge is -2.17. The second kappa shape index (κ2) is 17.6. The smallest absolute Gasteiger partial charge is 0.328 e. The second-order valence-corrected chi connectivity index (χ2v) is 6.70. The van der Waals surface area contributed by atoms with E-state index in [0.717, 1.165) is 57.4 Å². The average Bonchev–Trinajstić information content (AvgIpc) is 2.63. The zero-order valence-corrected chi connectivity index (χ0v) is 16.5. The van der Waals surface area contributed by atoms with E-state index in [0.29, 0.717) is 12.8 Å². The van der Waals surface area contributed by atoms with Crippen LogP contribution in [-0.2, 0) is 4.79 Å². The Balaban J connectivity index is 3.72. The minimum Gasteiger partial charge on any atom is -0.508 e. The van der Waals surface area contributed by atoms with Crippen molar-refractivity contribution in [3.8, 4) is 0 Å². The van der Waals surface area contributed by atoms with Crippen molar-refractivity contribution in [2.75, 3.05) is 0 Å². The molecule has 5 heteroatoms. The number of aliphatic carboxylic acids is 1. The van der Waals surface area contributed by atoms with Crippen LogP contribution in [0.3, 0.4) is 0 Å². The number of rotatable bonds is 16. The van der Waals surface area contributed by atoms with Gasteiger partial charge in [-0.05, 0) is 37.8 Å². The van der Waals surface area contributed by atoms with Gasteiger partial charge < -0.3 is 20.4 Å². The van der Waals surface area contributed by atoms with Gasteiger partial charge in [-0.1, -0.05) is 69.8 Å². The highest BCUT2D eigenvalue weighted by Crippen LogP contribution is 2.13. The maximum absolute atomic E-state index is 10.3. The Kier molecular flexibility index (Phi) is 16.4. The second-order valence-electron chi connectivity index (χ2n) is 6.70. The highest BCUT2D eigenvalue weighted by Gasteiger charge is 2.14. The van der Waals surface area contributed by atoms with Crippen LogP contribution in [0.4, 0.5) is 0 Å². The van der Waals surface area contributed by atoms with Gasteiger partial charge in [-0.2, -0.15) is 0 Å². The van der Waals surface area contributed by atoms with Gasteiger partial charge in [0.05, 0.1) is 12.2 Å². The van der Waals surface area contributed by atoms with Crippen molar-refractivity contribution >= 4 is 5.97 Å². The zero-order valence-electron chi connectivity index (χ0n) is 16.5. The van der Waals surface area contributed by atoms with Crippen LogP contribution in [-0.4, -0.2) is 38.6 Å². The number of hydrogen-bond donors (Lipinski definition) is 4. The molecule has 5 nitrogen and oxygen atoms in total. The number of carboxylic acids is 1. The Hall–Kier alpha value is -1.85. The third-order valence-electron chi connectivity index (χ3n) is 4.18. The van der Waals surface area contributed by atoms with Crippen LogP contribution >= 0.6 is 0 Å². The summed E-state index contributed by atoms with van der Waals surface area (Å²) in [7, 11) is 0. The maximum atomic E-state index is 10.3. The Morgan fingerprint density at radius 3 is 2.07 bits per heavy atom. The molecule has 2 atom stereocenters. The molecule has 0 rings (SSSR count). The summed E-state index contributed by atoms with van der Waals surface area (Å²) in [5, 5.41) is 37.8. The van der Waals surface area contributed by atoms with Gasteiger partial charge in [0.1, 0.15) is 5.76 Å². The Bertz CT molecular complexity index is 491. The van der Waals surface area contributed by atoms with E-state index in [1.807, 2.05) is 6.08 Å². The standard InChI is InChI=1S/C22H36O5/c1-2-3-9-16-20(24)21(25)17-12-7-5-4-6-10-14-19(23)15-11-8-13-18-22(26)27/h8,10-11,13-15,18,20-21,23-25H,2-7,9,12,16-17H2,1H3,(H,26,27). The Morgan fingerprint density at radius 1 is 0.815 bits per heavy atom. The SMILES string of the molecule is CCCCCC(O)C(O)CCCCCCC=CC(O)=CC=CC=CC(=O)O. The van der Waals surface area contributed by atoms with Crippen LogP contribution < -0.4 is 0 Å². The van der Waals surface area contributed by atoms with E-state index in [1.54, 1.807) is 12.2 Å². The molecule has 0 saturated carbocycles. The molecule has 0 aromatic rings. The third-order valence-corrected chi connectivity index (χ3v) is 4.18. The monoisotopic (exact) mass is 380 g/mol. The summed E-state index contributed by atoms with van der Waals surface area (Å²) in [6.07, 6.45) is 18.7. The molecule has 0 aliphatic carbocycles. The summed E-state index contributed by atoms with van der Waals surface area (Å²) in [6.45, 7) is 2.12. The van der Waals surface area contributed by atoms with E-state index in [2.05, 4.69) is 6.92 Å². The first kappa shape index (κ1) is 25.1. The third kappa shape index (κ3) is 17.3. The molecule has 0 fully saturated rings. The van der Waals surface area contributed by atoms with Gasteiger partial charge in [0.25, 0.3) is 0 Å². The average molecular weight is 381 g/mol. The van der Waals surface area contributed by atoms with Crippen molar-refractivity contribution in [2.45, 2.75) is 83.3 Å². The topological polar surface area (TPSA) is 98.0 Å². The quantitative estimate of drug-likeness (QED) is 0.133. The number of carboxylic acid groups (broad SMARTS) is 1. The molecule has 0 aromatic carbocycles. The molecule has 0 spiro atoms. The van der Waals surface area contributed by atoms with Crippen LogP contribution in [0.25, 0.3) is 0 Å². The lowest BCUT2D eigenvalue weighted by molar-refractivity contribution is -0.131. The fourth-order valence-corrected chi connectivity index (χ4v) is 2.57. The molecule has 0 bridgehead atoms. The number of aliphatic hydroxyl groups excluding tert-OH is 3. The minimum absolute atomic E-state index is 0.121. The predicted molar refractivity (Wildman–Crippen MR) is 110 cm³/mol. The van der Waals surface area contributed by atoms with Crippen LogP contribution in [0.2, 0.25) is 0 Å². The van der Waals surface area contributed by atoms with Crippen LogP contribution in [0.5, 0.6) is 0 Å². The van der Waals surface area contributed by atoms with Gasteiger partial charge in [-0.25, -0.2) is 4.79 Å². The predicted octanol–water partition coefficient (Wildman–Crippen LogP) is 4.82. The largest absolute Gasteiger partial charge is 0.508 e. The molecular formula is C22H36O5. The van der Waals surface area contributed by atoms with Gasteiger partial charge in [0.15, 0.2) is 0 Å². The van der Waals surface area contributed by atoms with Crippen molar-refractivity contribution in [3.05, 3.63) is 48.3 Å². The van der Waals surface area contributed by atoms with E-state index in [1.165, 1.54) is 18.2 Å². The van der Waals surface area contributed by atoms with Crippen LogP contribution in [0, 0.1) is 0 Å². The molecule has 0 aliphatic rings. The van der Waals surface area contributed by atoms with Crippen molar-refractivity contribution < 1.29 is 25.2 Å². The molecule has 0 heterocycles. The molecule has 0 aromatic heterocycles. The van der Waals surface area contributed by atoms with Gasteiger partial charge in [0.2, 0.25) is 0 Å². The molecule has 154 valence electrons. The molecule has 0 saturated heterocycles. The summed E-state index contributed by atoms with van der Waals surface area (Å²) in [5.74, 6) is -0.888. The number of aliphatic hydroxyl groups is 3. The molecular weight excluding hydrogens is 344 g/mol. The van der Waals surface area contributed by atoms with Crippen molar-refractivity contribution in [2.24, 2.45) is 0 Å². The summed E-state index contributed by atoms with van der Waals surface area (Å²) in [5.41, 5.74) is 0. The molecule has 2 unspecified atom stereocenters. The van der Waals surface area contributed by atoms with Gasteiger partial charge in [-0.3, -0.25) is 0 Å². The lowest BCUT2D eigenvalue weighted by atomic mass is 10.0. The molecule has 27 heavy (non-hydrogen) atoms. The van der Waals surface area contributed by atoms with Gasteiger partial charge in [-0.15, -0.1) is 0 Å². The first-order valence-electron chi connectivity index (χ1n) is 9.97. The highest BCUT2D eigenvalue weighted by molar-refractivity contribution is 5.80. The van der Waals surface area contributed by atoms with Crippen molar-refractivity contribution in [1.29, 1.82) is 0 Å². The molecule has 0 aliphatic heterocycles. The Morgan fingerprint density at radius 2 is 1.44 bits per heavy atom. The summed E-state index contributed by atoms with van der Waals surface area (Å²) < 4.78 is 0. The summed E-state index contributed by atoms with van der Waals surface area (Å²) >= 11 is 0.